The number of hydrogen-bond donors (Lipinski definition) is 0. The average Bonchev–Trinajstić information content (AvgIpc) is 2.10. The van der Waals surface area contributed by atoms with Crippen molar-refractivity contribution in [2.75, 3.05) is 7.11 Å². The number of methoxy groups -OCH3 is 1. The molecule has 0 atom stereocenters. The predicted molar refractivity (Wildman–Crippen MR) is 56.5 cm³/mol. The maximum absolute atomic E-state index is 5.29. The predicted octanol–water partition coefficient (Wildman–Crippen LogP) is 3.26. The van der Waals surface area contributed by atoms with Gasteiger partial charge in [-0.25, -0.2) is 0 Å². The van der Waals surface area contributed by atoms with E-state index in [9.17, 15) is 0 Å². The smallest absolute Gasteiger partial charge is 0.122 e. The average molecular weight is 178 g/mol. The van der Waals surface area contributed by atoms with Crippen LogP contribution in [0, 0.1) is 13.8 Å². The van der Waals surface area contributed by atoms with Crippen LogP contribution in [0.15, 0.2) is 12.1 Å². The Labute approximate surface area is 80.7 Å². The third-order valence-electron chi connectivity index (χ3n) is 2.37. The summed E-state index contributed by atoms with van der Waals surface area (Å²) in [5.41, 5.74) is 4.00. The Kier molecular flexibility index (Phi) is 3.35. The van der Waals surface area contributed by atoms with Gasteiger partial charge in [-0.3, -0.25) is 0 Å². The van der Waals surface area contributed by atoms with Crippen LogP contribution in [0.3, 0.4) is 0 Å². The summed E-state index contributed by atoms with van der Waals surface area (Å²) in [6, 6.07) is 4.36. The lowest BCUT2D eigenvalue weighted by molar-refractivity contribution is 0.411. The minimum Gasteiger partial charge on any atom is -0.496 e. The van der Waals surface area contributed by atoms with Crippen molar-refractivity contribution in [2.24, 2.45) is 0 Å². The van der Waals surface area contributed by atoms with Gasteiger partial charge in [0.1, 0.15) is 5.75 Å². The quantitative estimate of drug-likeness (QED) is 0.690. The lowest BCUT2D eigenvalue weighted by Crippen LogP contribution is -1.94. The fourth-order valence-electron chi connectivity index (χ4n) is 1.63. The summed E-state index contributed by atoms with van der Waals surface area (Å²) in [5.74, 6) is 1.01. The lowest BCUT2D eigenvalue weighted by Gasteiger charge is -2.10. The van der Waals surface area contributed by atoms with Crippen molar-refractivity contribution in [3.05, 3.63) is 28.8 Å². The molecular formula is C12H18O. The van der Waals surface area contributed by atoms with E-state index in [-0.39, 0.29) is 0 Å². The number of benzene rings is 1. The fourth-order valence-corrected chi connectivity index (χ4v) is 1.63. The standard InChI is InChI=1S/C12H18O/c1-5-6-11-8-12(13-4)10(3)7-9(11)2/h7-8H,5-6H2,1-4H3. The highest BCUT2D eigenvalue weighted by molar-refractivity contribution is 5.41. The van der Waals surface area contributed by atoms with Crippen LogP contribution in [0.1, 0.15) is 30.0 Å². The maximum Gasteiger partial charge on any atom is 0.122 e. The zero-order valence-electron chi connectivity index (χ0n) is 8.98. The summed E-state index contributed by atoms with van der Waals surface area (Å²) in [4.78, 5) is 0. The first-order chi connectivity index (χ1) is 6.19. The first-order valence-electron chi connectivity index (χ1n) is 4.83. The molecule has 1 rings (SSSR count). The van der Waals surface area contributed by atoms with E-state index < -0.39 is 0 Å². The van der Waals surface area contributed by atoms with Gasteiger partial charge in [0, 0.05) is 0 Å². The third kappa shape index (κ3) is 2.24. The van der Waals surface area contributed by atoms with E-state index in [1.54, 1.807) is 7.11 Å². The first kappa shape index (κ1) is 10.1. The Morgan fingerprint density at radius 3 is 2.38 bits per heavy atom. The van der Waals surface area contributed by atoms with Crippen molar-refractivity contribution < 1.29 is 4.74 Å². The van der Waals surface area contributed by atoms with Crippen molar-refractivity contribution in [1.29, 1.82) is 0 Å². The molecule has 0 aromatic heterocycles. The van der Waals surface area contributed by atoms with Crippen LogP contribution >= 0.6 is 0 Å². The molecule has 0 radical (unpaired) electrons. The molecule has 72 valence electrons. The van der Waals surface area contributed by atoms with Crippen LogP contribution < -0.4 is 4.74 Å². The molecule has 0 saturated carbocycles. The van der Waals surface area contributed by atoms with E-state index in [4.69, 9.17) is 4.74 Å². The van der Waals surface area contributed by atoms with Crippen LogP contribution in [-0.2, 0) is 6.42 Å². The van der Waals surface area contributed by atoms with E-state index in [0.29, 0.717) is 0 Å². The van der Waals surface area contributed by atoms with Crippen LogP contribution in [0.25, 0.3) is 0 Å². The zero-order valence-corrected chi connectivity index (χ0v) is 8.98. The molecule has 1 aromatic carbocycles. The second-order valence-corrected chi connectivity index (χ2v) is 3.50. The molecule has 0 unspecified atom stereocenters. The van der Waals surface area contributed by atoms with Crippen molar-refractivity contribution in [2.45, 2.75) is 33.6 Å². The van der Waals surface area contributed by atoms with Crippen LogP contribution in [0.4, 0.5) is 0 Å². The van der Waals surface area contributed by atoms with Gasteiger partial charge in [-0.05, 0) is 43.0 Å². The van der Waals surface area contributed by atoms with Crippen molar-refractivity contribution in [1.82, 2.24) is 0 Å². The normalized spacial score (nSPS) is 10.2. The van der Waals surface area contributed by atoms with Crippen molar-refractivity contribution in [3.63, 3.8) is 0 Å². The van der Waals surface area contributed by atoms with Crippen LogP contribution in [0.2, 0.25) is 0 Å². The van der Waals surface area contributed by atoms with E-state index in [2.05, 4.69) is 32.9 Å². The molecule has 13 heavy (non-hydrogen) atoms. The third-order valence-corrected chi connectivity index (χ3v) is 2.37. The Hall–Kier alpha value is -0.980. The van der Waals surface area contributed by atoms with Gasteiger partial charge in [-0.1, -0.05) is 19.4 Å². The first-order valence-corrected chi connectivity index (χ1v) is 4.83. The highest BCUT2D eigenvalue weighted by atomic mass is 16.5. The molecule has 0 bridgehead atoms. The second kappa shape index (κ2) is 4.31. The Morgan fingerprint density at radius 2 is 1.85 bits per heavy atom. The fraction of sp³-hybridized carbons (Fsp3) is 0.500. The molecule has 0 fully saturated rings. The van der Waals surface area contributed by atoms with E-state index in [1.165, 1.54) is 23.1 Å². The highest BCUT2D eigenvalue weighted by Gasteiger charge is 2.03. The maximum atomic E-state index is 5.29. The summed E-state index contributed by atoms with van der Waals surface area (Å²) < 4.78 is 5.29. The van der Waals surface area contributed by atoms with Gasteiger partial charge in [0.2, 0.25) is 0 Å². The lowest BCUT2D eigenvalue weighted by atomic mass is 10.0. The number of ether oxygens (including phenoxy) is 1. The summed E-state index contributed by atoms with van der Waals surface area (Å²) >= 11 is 0. The minimum absolute atomic E-state index is 1.01. The van der Waals surface area contributed by atoms with Crippen molar-refractivity contribution >= 4 is 0 Å². The molecule has 1 aromatic rings. The molecule has 0 saturated heterocycles. The molecule has 1 nitrogen and oxygen atoms in total. The Balaban J connectivity index is 3.06. The van der Waals surface area contributed by atoms with Crippen LogP contribution in [-0.4, -0.2) is 7.11 Å². The number of hydrogen-bond acceptors (Lipinski definition) is 1. The van der Waals surface area contributed by atoms with Gasteiger partial charge >= 0.3 is 0 Å². The molecule has 0 amide bonds. The molecule has 0 N–H and O–H groups in total. The molecule has 0 aliphatic heterocycles. The second-order valence-electron chi connectivity index (χ2n) is 3.50. The topological polar surface area (TPSA) is 9.23 Å². The minimum atomic E-state index is 1.01. The van der Waals surface area contributed by atoms with Gasteiger partial charge < -0.3 is 4.74 Å². The molecule has 0 spiro atoms. The van der Waals surface area contributed by atoms with Gasteiger partial charge in [-0.15, -0.1) is 0 Å². The number of rotatable bonds is 3. The Morgan fingerprint density at radius 1 is 1.15 bits per heavy atom. The summed E-state index contributed by atoms with van der Waals surface area (Å²) in [6.45, 7) is 6.45. The van der Waals surface area contributed by atoms with Gasteiger partial charge in [0.05, 0.1) is 7.11 Å². The molecule has 0 aliphatic carbocycles. The monoisotopic (exact) mass is 178 g/mol. The molecular weight excluding hydrogens is 160 g/mol. The SMILES string of the molecule is CCCc1cc(OC)c(C)cc1C. The van der Waals surface area contributed by atoms with Gasteiger partial charge in [-0.2, -0.15) is 0 Å². The van der Waals surface area contributed by atoms with Gasteiger partial charge in [0.15, 0.2) is 0 Å². The summed E-state index contributed by atoms with van der Waals surface area (Å²) in [6.07, 6.45) is 2.33. The molecule has 0 aliphatic rings. The van der Waals surface area contributed by atoms with Gasteiger partial charge in [0.25, 0.3) is 0 Å². The highest BCUT2D eigenvalue weighted by Crippen LogP contribution is 2.23. The number of aryl methyl sites for hydroxylation is 3. The molecule has 1 heteroatoms. The van der Waals surface area contributed by atoms with Crippen molar-refractivity contribution in [3.8, 4) is 5.75 Å². The molecule has 0 heterocycles. The summed E-state index contributed by atoms with van der Waals surface area (Å²) in [5, 5.41) is 0. The Bertz CT molecular complexity index is 289. The van der Waals surface area contributed by atoms with E-state index >= 15 is 0 Å². The zero-order chi connectivity index (χ0) is 9.84. The van der Waals surface area contributed by atoms with E-state index in [0.717, 1.165) is 12.2 Å². The van der Waals surface area contributed by atoms with E-state index in [1.807, 2.05) is 0 Å². The largest absolute Gasteiger partial charge is 0.496 e. The summed E-state index contributed by atoms with van der Waals surface area (Å²) in [7, 11) is 1.73. The van der Waals surface area contributed by atoms with Crippen LogP contribution in [0.5, 0.6) is 5.75 Å².